The standard InChI is InChI=1S/C25H24O6/c1-16-11-22(30-24(16)26)20-7-3-18(4-8-20)13-28-15-29-14-19-5-9-21(10-6-19)23-12-17(2)25(27)31-23/h3-10,22-23H,1-2,11-15H2. The Hall–Kier alpha value is -3.22. The van der Waals surface area contributed by atoms with Crippen LogP contribution in [0.15, 0.2) is 72.8 Å². The first kappa shape index (κ1) is 21.0. The van der Waals surface area contributed by atoms with Crippen molar-refractivity contribution in [3.05, 3.63) is 95.1 Å². The van der Waals surface area contributed by atoms with E-state index in [0.717, 1.165) is 22.3 Å². The summed E-state index contributed by atoms with van der Waals surface area (Å²) in [6.07, 6.45) is 0.573. The molecule has 2 aromatic carbocycles. The van der Waals surface area contributed by atoms with Crippen LogP contribution in [-0.4, -0.2) is 18.7 Å². The lowest BCUT2D eigenvalue weighted by molar-refractivity contribution is -0.140. The molecule has 2 aromatic rings. The first-order valence-corrected chi connectivity index (χ1v) is 10.1. The largest absolute Gasteiger partial charge is 0.454 e. The average molecular weight is 420 g/mol. The number of rotatable bonds is 8. The highest BCUT2D eigenvalue weighted by Crippen LogP contribution is 2.33. The minimum atomic E-state index is -0.322. The molecule has 0 saturated carbocycles. The lowest BCUT2D eigenvalue weighted by Crippen LogP contribution is -2.02. The number of benzene rings is 2. The summed E-state index contributed by atoms with van der Waals surface area (Å²) in [7, 11) is 0. The summed E-state index contributed by atoms with van der Waals surface area (Å²) in [6.45, 7) is 8.43. The molecular formula is C25H24O6. The Kier molecular flexibility index (Phi) is 6.30. The maximum atomic E-state index is 11.5. The van der Waals surface area contributed by atoms with Gasteiger partial charge in [-0.25, -0.2) is 9.59 Å². The minimum absolute atomic E-state index is 0.170. The number of hydrogen-bond acceptors (Lipinski definition) is 6. The second-order valence-electron chi connectivity index (χ2n) is 7.70. The highest BCUT2D eigenvalue weighted by molar-refractivity contribution is 5.90. The van der Waals surface area contributed by atoms with Gasteiger partial charge in [0.1, 0.15) is 19.0 Å². The van der Waals surface area contributed by atoms with E-state index in [1.807, 2.05) is 48.5 Å². The summed E-state index contributed by atoms with van der Waals surface area (Å²) in [4.78, 5) is 22.9. The van der Waals surface area contributed by atoms with Crippen LogP contribution in [0.5, 0.6) is 0 Å². The van der Waals surface area contributed by atoms with E-state index < -0.39 is 0 Å². The molecule has 0 aliphatic carbocycles. The molecule has 31 heavy (non-hydrogen) atoms. The molecule has 0 N–H and O–H groups in total. The lowest BCUT2D eigenvalue weighted by Gasteiger charge is -2.11. The van der Waals surface area contributed by atoms with Crippen LogP contribution in [0.25, 0.3) is 0 Å². The number of ether oxygens (including phenoxy) is 4. The number of cyclic esters (lactones) is 2. The smallest absolute Gasteiger partial charge is 0.334 e. The molecule has 4 rings (SSSR count). The molecule has 2 unspecified atom stereocenters. The molecule has 2 saturated heterocycles. The summed E-state index contributed by atoms with van der Waals surface area (Å²) in [5.41, 5.74) is 4.94. The molecule has 2 heterocycles. The van der Waals surface area contributed by atoms with Crippen LogP contribution >= 0.6 is 0 Å². The molecule has 0 aromatic heterocycles. The van der Waals surface area contributed by atoms with Gasteiger partial charge in [0.05, 0.1) is 13.2 Å². The molecule has 0 amide bonds. The van der Waals surface area contributed by atoms with Crippen LogP contribution < -0.4 is 0 Å². The molecule has 0 bridgehead atoms. The van der Waals surface area contributed by atoms with Gasteiger partial charge in [0.15, 0.2) is 0 Å². The van der Waals surface area contributed by atoms with E-state index in [0.29, 0.717) is 37.2 Å². The van der Waals surface area contributed by atoms with Crippen LogP contribution in [0.4, 0.5) is 0 Å². The average Bonchev–Trinajstić information content (AvgIpc) is 3.29. The number of hydrogen-bond donors (Lipinski definition) is 0. The SMILES string of the molecule is C=C1CC(c2ccc(COCOCc3ccc(C4CC(=C)C(=O)O4)cc3)cc2)OC1=O. The van der Waals surface area contributed by atoms with E-state index in [2.05, 4.69) is 13.2 Å². The molecule has 6 nitrogen and oxygen atoms in total. The van der Waals surface area contributed by atoms with Gasteiger partial charge >= 0.3 is 11.9 Å². The molecular weight excluding hydrogens is 396 g/mol. The molecule has 2 atom stereocenters. The third-order valence-electron chi connectivity index (χ3n) is 5.35. The van der Waals surface area contributed by atoms with Crippen LogP contribution in [0, 0.1) is 0 Å². The van der Waals surface area contributed by atoms with Crippen molar-refractivity contribution in [2.75, 3.05) is 6.79 Å². The summed E-state index contributed by atoms with van der Waals surface area (Å²) in [6, 6.07) is 15.6. The lowest BCUT2D eigenvalue weighted by atomic mass is 10.0. The highest BCUT2D eigenvalue weighted by Gasteiger charge is 2.29. The van der Waals surface area contributed by atoms with E-state index in [-0.39, 0.29) is 30.9 Å². The molecule has 6 heteroatoms. The maximum absolute atomic E-state index is 11.5. The van der Waals surface area contributed by atoms with E-state index in [9.17, 15) is 9.59 Å². The van der Waals surface area contributed by atoms with Gasteiger partial charge in [-0.15, -0.1) is 0 Å². The van der Waals surface area contributed by atoms with E-state index >= 15 is 0 Å². The van der Waals surface area contributed by atoms with Crippen molar-refractivity contribution in [3.63, 3.8) is 0 Å². The fourth-order valence-corrected chi connectivity index (χ4v) is 3.53. The van der Waals surface area contributed by atoms with Gasteiger partial charge in [-0.3, -0.25) is 0 Å². The van der Waals surface area contributed by atoms with Crippen molar-refractivity contribution < 1.29 is 28.5 Å². The first-order valence-electron chi connectivity index (χ1n) is 10.1. The zero-order valence-corrected chi connectivity index (χ0v) is 17.2. The zero-order chi connectivity index (χ0) is 21.8. The van der Waals surface area contributed by atoms with Crippen molar-refractivity contribution in [1.82, 2.24) is 0 Å². The minimum Gasteiger partial charge on any atom is -0.454 e. The number of esters is 2. The molecule has 0 spiro atoms. The van der Waals surface area contributed by atoms with Crippen molar-refractivity contribution in [2.24, 2.45) is 0 Å². The summed E-state index contributed by atoms with van der Waals surface area (Å²) in [5.74, 6) is -0.644. The van der Waals surface area contributed by atoms with Gasteiger partial charge in [0.2, 0.25) is 0 Å². The van der Waals surface area contributed by atoms with Crippen LogP contribution in [0.2, 0.25) is 0 Å². The predicted molar refractivity (Wildman–Crippen MR) is 113 cm³/mol. The number of carbonyl (C=O) groups excluding carboxylic acids is 2. The van der Waals surface area contributed by atoms with E-state index in [1.165, 1.54) is 0 Å². The van der Waals surface area contributed by atoms with Crippen molar-refractivity contribution in [1.29, 1.82) is 0 Å². The third-order valence-corrected chi connectivity index (χ3v) is 5.35. The molecule has 0 radical (unpaired) electrons. The molecule has 160 valence electrons. The second kappa shape index (κ2) is 9.29. The maximum Gasteiger partial charge on any atom is 0.334 e. The van der Waals surface area contributed by atoms with Crippen LogP contribution in [0.1, 0.15) is 47.3 Å². The Labute approximate surface area is 181 Å². The summed E-state index contributed by atoms with van der Waals surface area (Å²) < 4.78 is 21.7. The van der Waals surface area contributed by atoms with Gasteiger partial charge in [-0.1, -0.05) is 61.7 Å². The Balaban J connectivity index is 1.17. The van der Waals surface area contributed by atoms with Crippen molar-refractivity contribution >= 4 is 11.9 Å². The monoisotopic (exact) mass is 420 g/mol. The Morgan fingerprint density at radius 1 is 0.710 bits per heavy atom. The van der Waals surface area contributed by atoms with Gasteiger partial charge in [0.25, 0.3) is 0 Å². The topological polar surface area (TPSA) is 71.1 Å². The van der Waals surface area contributed by atoms with Gasteiger partial charge in [-0.05, 0) is 22.3 Å². The molecule has 2 fully saturated rings. The van der Waals surface area contributed by atoms with Gasteiger partial charge < -0.3 is 18.9 Å². The quantitative estimate of drug-likeness (QED) is 0.272. The highest BCUT2D eigenvalue weighted by atomic mass is 16.7. The fourth-order valence-electron chi connectivity index (χ4n) is 3.53. The zero-order valence-electron chi connectivity index (χ0n) is 17.2. The van der Waals surface area contributed by atoms with Crippen LogP contribution in [0.3, 0.4) is 0 Å². The van der Waals surface area contributed by atoms with E-state index in [4.69, 9.17) is 18.9 Å². The normalized spacial score (nSPS) is 20.8. The number of carbonyl (C=O) groups is 2. The van der Waals surface area contributed by atoms with Gasteiger partial charge in [0, 0.05) is 24.0 Å². The van der Waals surface area contributed by atoms with Gasteiger partial charge in [-0.2, -0.15) is 0 Å². The summed E-state index contributed by atoms with van der Waals surface area (Å²) >= 11 is 0. The molecule has 2 aliphatic heterocycles. The first-order chi connectivity index (χ1) is 15.0. The second-order valence-corrected chi connectivity index (χ2v) is 7.70. The fraction of sp³-hybridized carbons (Fsp3) is 0.280. The molecule has 2 aliphatic rings. The van der Waals surface area contributed by atoms with Crippen molar-refractivity contribution in [2.45, 2.75) is 38.3 Å². The van der Waals surface area contributed by atoms with E-state index in [1.54, 1.807) is 0 Å². The Morgan fingerprint density at radius 2 is 1.10 bits per heavy atom. The Morgan fingerprint density at radius 3 is 1.42 bits per heavy atom. The van der Waals surface area contributed by atoms with Crippen LogP contribution in [-0.2, 0) is 41.8 Å². The summed E-state index contributed by atoms with van der Waals surface area (Å²) in [5, 5.41) is 0. The Bertz CT molecular complexity index is 876. The predicted octanol–water partition coefficient (Wildman–Crippen LogP) is 4.47. The van der Waals surface area contributed by atoms with Crippen molar-refractivity contribution in [3.8, 4) is 0 Å². The third kappa shape index (κ3) is 5.10.